The van der Waals surface area contributed by atoms with Crippen molar-refractivity contribution in [2.24, 2.45) is 0 Å². The summed E-state index contributed by atoms with van der Waals surface area (Å²) in [6.45, 7) is 3.62. The third-order valence-electron chi connectivity index (χ3n) is 1.60. The molecule has 1 atom stereocenters. The molecule has 1 aromatic carbocycles. The second-order valence-corrected chi connectivity index (χ2v) is 3.58. The maximum atomic E-state index is 5.89. The molecular formula is C10H10Cl2. The summed E-state index contributed by atoms with van der Waals surface area (Å²) in [5.41, 5.74) is 1.18. The van der Waals surface area contributed by atoms with Gasteiger partial charge in [0.15, 0.2) is 0 Å². The molecule has 0 aliphatic heterocycles. The Labute approximate surface area is 82.8 Å². The second-order valence-electron chi connectivity index (χ2n) is 2.58. The van der Waals surface area contributed by atoms with E-state index < -0.39 is 0 Å². The fourth-order valence-corrected chi connectivity index (χ4v) is 1.23. The van der Waals surface area contributed by atoms with Crippen molar-refractivity contribution in [1.29, 1.82) is 0 Å². The van der Waals surface area contributed by atoms with Crippen molar-refractivity contribution in [1.82, 2.24) is 0 Å². The Morgan fingerprint density at radius 2 is 1.92 bits per heavy atom. The third-order valence-corrected chi connectivity index (χ3v) is 2.18. The summed E-state index contributed by atoms with van der Waals surface area (Å²) < 4.78 is 0. The second kappa shape index (κ2) is 4.54. The molecular weight excluding hydrogens is 191 g/mol. The van der Waals surface area contributed by atoms with E-state index in [1.807, 2.05) is 24.3 Å². The van der Waals surface area contributed by atoms with Gasteiger partial charge in [0.05, 0.1) is 5.38 Å². The quantitative estimate of drug-likeness (QED) is 0.516. The van der Waals surface area contributed by atoms with Gasteiger partial charge in [-0.25, -0.2) is 0 Å². The van der Waals surface area contributed by atoms with E-state index in [2.05, 4.69) is 6.58 Å². The molecule has 0 fully saturated rings. The van der Waals surface area contributed by atoms with Crippen LogP contribution in [-0.2, 0) is 6.42 Å². The largest absolute Gasteiger partial charge is 0.118 e. The number of rotatable bonds is 3. The zero-order valence-corrected chi connectivity index (χ0v) is 8.15. The zero-order chi connectivity index (χ0) is 8.97. The van der Waals surface area contributed by atoms with E-state index in [0.29, 0.717) is 0 Å². The van der Waals surface area contributed by atoms with Crippen molar-refractivity contribution in [3.05, 3.63) is 47.5 Å². The minimum Gasteiger partial charge on any atom is -0.118 e. The average molecular weight is 201 g/mol. The van der Waals surface area contributed by atoms with Gasteiger partial charge in [0.1, 0.15) is 0 Å². The zero-order valence-electron chi connectivity index (χ0n) is 6.63. The third kappa shape index (κ3) is 2.88. The van der Waals surface area contributed by atoms with Gasteiger partial charge in [-0.05, 0) is 24.1 Å². The standard InChI is InChI=1S/C10H10Cl2/c1-2-9(11)7-8-3-5-10(12)6-4-8/h2-6,9H,1,7H2. The lowest BCUT2D eigenvalue weighted by atomic mass is 10.1. The fraction of sp³-hybridized carbons (Fsp3) is 0.200. The van der Waals surface area contributed by atoms with Crippen LogP contribution in [-0.4, -0.2) is 5.38 Å². The van der Waals surface area contributed by atoms with Gasteiger partial charge in [-0.3, -0.25) is 0 Å². The van der Waals surface area contributed by atoms with Gasteiger partial charge in [0, 0.05) is 5.02 Å². The van der Waals surface area contributed by atoms with Crippen LogP contribution in [0.5, 0.6) is 0 Å². The molecule has 1 aromatic rings. The highest BCUT2D eigenvalue weighted by atomic mass is 35.5. The minimum atomic E-state index is 0.00572. The lowest BCUT2D eigenvalue weighted by molar-refractivity contribution is 1.01. The van der Waals surface area contributed by atoms with E-state index in [1.54, 1.807) is 6.08 Å². The Bertz CT molecular complexity index is 251. The lowest BCUT2D eigenvalue weighted by Gasteiger charge is -2.03. The molecule has 0 aliphatic rings. The first-order valence-electron chi connectivity index (χ1n) is 3.73. The molecule has 2 heteroatoms. The van der Waals surface area contributed by atoms with Crippen molar-refractivity contribution in [2.45, 2.75) is 11.8 Å². The molecule has 0 aliphatic carbocycles. The Balaban J connectivity index is 2.64. The predicted octanol–water partition coefficient (Wildman–Crippen LogP) is 3.68. The van der Waals surface area contributed by atoms with Gasteiger partial charge in [-0.2, -0.15) is 0 Å². The summed E-state index contributed by atoms with van der Waals surface area (Å²) in [4.78, 5) is 0. The summed E-state index contributed by atoms with van der Waals surface area (Å²) in [6, 6.07) is 7.68. The van der Waals surface area contributed by atoms with Crippen molar-refractivity contribution in [3.8, 4) is 0 Å². The molecule has 0 aromatic heterocycles. The van der Waals surface area contributed by atoms with Crippen LogP contribution in [0, 0.1) is 0 Å². The first kappa shape index (κ1) is 9.63. The van der Waals surface area contributed by atoms with E-state index >= 15 is 0 Å². The molecule has 1 unspecified atom stereocenters. The molecule has 64 valence electrons. The van der Waals surface area contributed by atoms with Crippen LogP contribution in [0.3, 0.4) is 0 Å². The Morgan fingerprint density at radius 1 is 1.33 bits per heavy atom. The van der Waals surface area contributed by atoms with Crippen molar-refractivity contribution in [3.63, 3.8) is 0 Å². The van der Waals surface area contributed by atoms with E-state index in [9.17, 15) is 0 Å². The average Bonchev–Trinajstić information content (AvgIpc) is 2.09. The van der Waals surface area contributed by atoms with E-state index in [1.165, 1.54) is 5.56 Å². The normalized spacial score (nSPS) is 12.5. The summed E-state index contributed by atoms with van der Waals surface area (Å²) in [5.74, 6) is 0. The summed E-state index contributed by atoms with van der Waals surface area (Å²) in [7, 11) is 0. The molecule has 1 rings (SSSR count). The Hall–Kier alpha value is -0.460. The summed E-state index contributed by atoms with van der Waals surface area (Å²) in [6.07, 6.45) is 2.54. The van der Waals surface area contributed by atoms with Crippen LogP contribution in [0.1, 0.15) is 5.56 Å². The first-order chi connectivity index (χ1) is 5.72. The highest BCUT2D eigenvalue weighted by molar-refractivity contribution is 6.30. The van der Waals surface area contributed by atoms with Crippen LogP contribution >= 0.6 is 23.2 Å². The highest BCUT2D eigenvalue weighted by Gasteiger charge is 1.99. The molecule has 0 radical (unpaired) electrons. The molecule has 0 N–H and O–H groups in total. The first-order valence-corrected chi connectivity index (χ1v) is 4.55. The van der Waals surface area contributed by atoms with Crippen molar-refractivity contribution in [2.75, 3.05) is 0 Å². The summed E-state index contributed by atoms with van der Waals surface area (Å²) in [5, 5.41) is 0.759. The molecule has 0 heterocycles. The van der Waals surface area contributed by atoms with Crippen LogP contribution in [0.2, 0.25) is 5.02 Å². The number of alkyl halides is 1. The van der Waals surface area contributed by atoms with E-state index in [-0.39, 0.29) is 5.38 Å². The highest BCUT2D eigenvalue weighted by Crippen LogP contribution is 2.13. The van der Waals surface area contributed by atoms with Crippen LogP contribution in [0.25, 0.3) is 0 Å². The SMILES string of the molecule is C=CC(Cl)Cc1ccc(Cl)cc1. The number of allylic oxidation sites excluding steroid dienone is 1. The maximum Gasteiger partial charge on any atom is 0.0553 e. The van der Waals surface area contributed by atoms with Crippen LogP contribution < -0.4 is 0 Å². The molecule has 0 bridgehead atoms. The van der Waals surface area contributed by atoms with Gasteiger partial charge < -0.3 is 0 Å². The Morgan fingerprint density at radius 3 is 2.42 bits per heavy atom. The topological polar surface area (TPSA) is 0 Å². The van der Waals surface area contributed by atoms with Gasteiger partial charge in [0.25, 0.3) is 0 Å². The molecule has 0 amide bonds. The molecule has 0 nitrogen and oxygen atoms in total. The monoisotopic (exact) mass is 200 g/mol. The molecule has 0 saturated carbocycles. The van der Waals surface area contributed by atoms with Gasteiger partial charge in [-0.15, -0.1) is 18.2 Å². The molecule has 12 heavy (non-hydrogen) atoms. The van der Waals surface area contributed by atoms with Crippen LogP contribution in [0.15, 0.2) is 36.9 Å². The minimum absolute atomic E-state index is 0.00572. The molecule has 0 spiro atoms. The number of benzene rings is 1. The number of hydrogen-bond acceptors (Lipinski definition) is 0. The summed E-state index contributed by atoms with van der Waals surface area (Å²) >= 11 is 11.6. The van der Waals surface area contributed by atoms with E-state index in [0.717, 1.165) is 11.4 Å². The number of halogens is 2. The Kier molecular flexibility index (Phi) is 3.64. The lowest BCUT2D eigenvalue weighted by Crippen LogP contribution is -1.97. The fourth-order valence-electron chi connectivity index (χ4n) is 0.929. The van der Waals surface area contributed by atoms with E-state index in [4.69, 9.17) is 23.2 Å². The van der Waals surface area contributed by atoms with Gasteiger partial charge in [-0.1, -0.05) is 29.8 Å². The molecule has 0 saturated heterocycles. The predicted molar refractivity (Wildman–Crippen MR) is 55.0 cm³/mol. The smallest absolute Gasteiger partial charge is 0.0553 e. The van der Waals surface area contributed by atoms with Crippen molar-refractivity contribution < 1.29 is 0 Å². The van der Waals surface area contributed by atoms with Gasteiger partial charge >= 0.3 is 0 Å². The number of hydrogen-bond donors (Lipinski definition) is 0. The van der Waals surface area contributed by atoms with Crippen LogP contribution in [0.4, 0.5) is 0 Å². The maximum absolute atomic E-state index is 5.89. The van der Waals surface area contributed by atoms with Gasteiger partial charge in [0.2, 0.25) is 0 Å². The van der Waals surface area contributed by atoms with Crippen molar-refractivity contribution >= 4 is 23.2 Å².